The number of aromatic nitrogens is 1. The molecule has 0 aliphatic rings. The average Bonchev–Trinajstić information content (AvgIpc) is 2.78. The molecule has 114 valence electrons. The van der Waals surface area contributed by atoms with Gasteiger partial charge in [0.15, 0.2) is 4.80 Å². The highest BCUT2D eigenvalue weighted by Crippen LogP contribution is 2.25. The van der Waals surface area contributed by atoms with E-state index >= 15 is 0 Å². The minimum atomic E-state index is -0.122. The SMILES string of the molecule is CCOCCn1c(=NC(=O)C(C)C)sc2cccc(Cl)c21. The molecule has 0 atom stereocenters. The van der Waals surface area contributed by atoms with Crippen LogP contribution in [-0.2, 0) is 16.1 Å². The number of carbonyl (C=O) groups excluding carboxylic acids is 1. The highest BCUT2D eigenvalue weighted by Gasteiger charge is 2.12. The lowest BCUT2D eigenvalue weighted by molar-refractivity contribution is -0.120. The molecule has 1 aromatic heterocycles. The Balaban J connectivity index is 2.55. The number of halogens is 1. The number of hydrogen-bond acceptors (Lipinski definition) is 3. The van der Waals surface area contributed by atoms with Crippen LogP contribution in [0.1, 0.15) is 20.8 Å². The van der Waals surface area contributed by atoms with E-state index in [-0.39, 0.29) is 11.8 Å². The number of rotatable bonds is 5. The molecular formula is C15H19ClN2O2S. The number of para-hydroxylation sites is 1. The molecule has 0 aliphatic carbocycles. The zero-order valence-corrected chi connectivity index (χ0v) is 14.0. The van der Waals surface area contributed by atoms with Gasteiger partial charge in [-0.15, -0.1) is 0 Å². The second kappa shape index (κ2) is 7.20. The summed E-state index contributed by atoms with van der Waals surface area (Å²) < 4.78 is 8.41. The highest BCUT2D eigenvalue weighted by molar-refractivity contribution is 7.16. The molecule has 1 heterocycles. The Hall–Kier alpha value is -1.17. The summed E-state index contributed by atoms with van der Waals surface area (Å²) >= 11 is 7.78. The van der Waals surface area contributed by atoms with E-state index in [9.17, 15) is 4.79 Å². The van der Waals surface area contributed by atoms with E-state index in [0.29, 0.717) is 29.6 Å². The van der Waals surface area contributed by atoms with E-state index in [1.54, 1.807) is 0 Å². The first-order valence-electron chi connectivity index (χ1n) is 6.98. The van der Waals surface area contributed by atoms with Crippen molar-refractivity contribution in [3.63, 3.8) is 0 Å². The van der Waals surface area contributed by atoms with Crippen LogP contribution in [-0.4, -0.2) is 23.7 Å². The second-order valence-electron chi connectivity index (χ2n) is 4.92. The minimum absolute atomic E-state index is 0.119. The molecule has 4 nitrogen and oxygen atoms in total. The van der Waals surface area contributed by atoms with Gasteiger partial charge in [-0.25, -0.2) is 0 Å². The first-order chi connectivity index (χ1) is 10.0. The number of nitrogens with zero attached hydrogens (tertiary/aromatic N) is 2. The third-order valence-corrected chi connectivity index (χ3v) is 4.36. The van der Waals surface area contributed by atoms with Crippen molar-refractivity contribution in [3.8, 4) is 0 Å². The number of thiazole rings is 1. The Bertz CT molecular complexity index is 703. The van der Waals surface area contributed by atoms with Gasteiger partial charge in [-0.05, 0) is 19.1 Å². The first-order valence-corrected chi connectivity index (χ1v) is 8.18. The molecule has 0 bridgehead atoms. The van der Waals surface area contributed by atoms with Gasteiger partial charge in [-0.2, -0.15) is 4.99 Å². The standard InChI is InChI=1S/C15H19ClN2O2S/c1-4-20-9-8-18-13-11(16)6-5-7-12(13)21-15(18)17-14(19)10(2)3/h5-7,10H,4,8-9H2,1-3H3. The van der Waals surface area contributed by atoms with Gasteiger partial charge >= 0.3 is 0 Å². The number of fused-ring (bicyclic) bond motifs is 1. The smallest absolute Gasteiger partial charge is 0.250 e. The fourth-order valence-electron chi connectivity index (χ4n) is 1.90. The Labute approximate surface area is 133 Å². The summed E-state index contributed by atoms with van der Waals surface area (Å²) in [6.07, 6.45) is 0. The van der Waals surface area contributed by atoms with Gasteiger partial charge in [-0.3, -0.25) is 4.79 Å². The first kappa shape index (κ1) is 16.2. The Kier molecular flexibility index (Phi) is 5.56. The second-order valence-corrected chi connectivity index (χ2v) is 6.34. The van der Waals surface area contributed by atoms with Crippen LogP contribution in [0.5, 0.6) is 0 Å². The number of amides is 1. The zero-order valence-electron chi connectivity index (χ0n) is 12.4. The molecule has 0 unspecified atom stereocenters. The number of benzene rings is 1. The minimum Gasteiger partial charge on any atom is -0.380 e. The van der Waals surface area contributed by atoms with E-state index in [0.717, 1.165) is 10.2 Å². The van der Waals surface area contributed by atoms with Gasteiger partial charge in [0, 0.05) is 19.1 Å². The van der Waals surface area contributed by atoms with Crippen LogP contribution >= 0.6 is 22.9 Å². The largest absolute Gasteiger partial charge is 0.380 e. The van der Waals surface area contributed by atoms with Crippen LogP contribution in [0.25, 0.3) is 10.2 Å². The van der Waals surface area contributed by atoms with E-state index in [1.807, 2.05) is 43.5 Å². The molecule has 0 aliphatic heterocycles. The number of carbonyl (C=O) groups is 1. The van der Waals surface area contributed by atoms with Gasteiger partial charge in [-0.1, -0.05) is 42.9 Å². The van der Waals surface area contributed by atoms with Gasteiger partial charge in [0.05, 0.1) is 21.8 Å². The summed E-state index contributed by atoms with van der Waals surface area (Å²) in [4.78, 5) is 16.8. The molecule has 2 aromatic rings. The Morgan fingerprint density at radius 3 is 2.90 bits per heavy atom. The van der Waals surface area contributed by atoms with Crippen molar-refractivity contribution >= 4 is 39.1 Å². The van der Waals surface area contributed by atoms with E-state index < -0.39 is 0 Å². The summed E-state index contributed by atoms with van der Waals surface area (Å²) in [5, 5.41) is 0.665. The van der Waals surface area contributed by atoms with Gasteiger partial charge in [0.25, 0.3) is 5.91 Å². The number of hydrogen-bond donors (Lipinski definition) is 0. The van der Waals surface area contributed by atoms with Crippen molar-refractivity contribution in [2.45, 2.75) is 27.3 Å². The fourth-order valence-corrected chi connectivity index (χ4v) is 3.32. The zero-order chi connectivity index (χ0) is 15.4. The molecular weight excluding hydrogens is 308 g/mol. The third-order valence-electron chi connectivity index (χ3n) is 3.01. The molecule has 2 rings (SSSR count). The fraction of sp³-hybridized carbons (Fsp3) is 0.467. The summed E-state index contributed by atoms with van der Waals surface area (Å²) in [5.74, 6) is -0.242. The monoisotopic (exact) mass is 326 g/mol. The van der Waals surface area contributed by atoms with Crippen LogP contribution in [0.2, 0.25) is 5.02 Å². The average molecular weight is 327 g/mol. The molecule has 6 heteroatoms. The maximum absolute atomic E-state index is 11.9. The van der Waals surface area contributed by atoms with Gasteiger partial charge in [0.1, 0.15) is 0 Å². The van der Waals surface area contributed by atoms with Crippen molar-refractivity contribution in [1.82, 2.24) is 4.57 Å². The summed E-state index contributed by atoms with van der Waals surface area (Å²) in [6.45, 7) is 7.50. The summed E-state index contributed by atoms with van der Waals surface area (Å²) in [6, 6.07) is 5.74. The molecule has 0 N–H and O–H groups in total. The molecule has 21 heavy (non-hydrogen) atoms. The maximum Gasteiger partial charge on any atom is 0.250 e. The lowest BCUT2D eigenvalue weighted by atomic mass is 10.2. The van der Waals surface area contributed by atoms with Crippen LogP contribution in [0.4, 0.5) is 0 Å². The van der Waals surface area contributed by atoms with Gasteiger partial charge in [0.2, 0.25) is 0 Å². The van der Waals surface area contributed by atoms with Crippen molar-refractivity contribution in [3.05, 3.63) is 28.0 Å². The molecule has 0 fully saturated rings. The molecule has 0 spiro atoms. The maximum atomic E-state index is 11.9. The van der Waals surface area contributed by atoms with Crippen molar-refractivity contribution in [2.24, 2.45) is 10.9 Å². The Morgan fingerprint density at radius 1 is 1.48 bits per heavy atom. The topological polar surface area (TPSA) is 43.6 Å². The summed E-state index contributed by atoms with van der Waals surface area (Å²) in [7, 11) is 0. The van der Waals surface area contributed by atoms with E-state index in [1.165, 1.54) is 11.3 Å². The lowest BCUT2D eigenvalue weighted by Gasteiger charge is -2.06. The van der Waals surface area contributed by atoms with Crippen molar-refractivity contribution in [2.75, 3.05) is 13.2 Å². The Morgan fingerprint density at radius 2 is 2.24 bits per heavy atom. The summed E-state index contributed by atoms with van der Waals surface area (Å²) in [5.41, 5.74) is 0.916. The quantitative estimate of drug-likeness (QED) is 0.790. The third kappa shape index (κ3) is 3.73. The van der Waals surface area contributed by atoms with Crippen LogP contribution in [0.3, 0.4) is 0 Å². The lowest BCUT2D eigenvalue weighted by Crippen LogP contribution is -2.21. The predicted octanol–water partition coefficient (Wildman–Crippen LogP) is 3.48. The van der Waals surface area contributed by atoms with E-state index in [2.05, 4.69) is 4.99 Å². The molecule has 0 radical (unpaired) electrons. The van der Waals surface area contributed by atoms with Crippen molar-refractivity contribution in [1.29, 1.82) is 0 Å². The van der Waals surface area contributed by atoms with Gasteiger partial charge < -0.3 is 9.30 Å². The predicted molar refractivity (Wildman–Crippen MR) is 86.7 cm³/mol. The van der Waals surface area contributed by atoms with Crippen LogP contribution < -0.4 is 4.80 Å². The molecule has 0 saturated carbocycles. The molecule has 1 aromatic carbocycles. The molecule has 0 saturated heterocycles. The molecule has 1 amide bonds. The normalized spacial score (nSPS) is 12.5. The van der Waals surface area contributed by atoms with Crippen LogP contribution in [0.15, 0.2) is 23.2 Å². The van der Waals surface area contributed by atoms with Crippen molar-refractivity contribution < 1.29 is 9.53 Å². The highest BCUT2D eigenvalue weighted by atomic mass is 35.5. The van der Waals surface area contributed by atoms with E-state index in [4.69, 9.17) is 16.3 Å². The van der Waals surface area contributed by atoms with Crippen LogP contribution in [0, 0.1) is 5.92 Å². The number of ether oxygens (including phenoxy) is 1.